The van der Waals surface area contributed by atoms with E-state index in [4.69, 9.17) is 11.6 Å². The number of ether oxygens (including phenoxy) is 1. The molecule has 0 aliphatic heterocycles. The summed E-state index contributed by atoms with van der Waals surface area (Å²) in [7, 11) is 0. The number of alkyl halides is 3. The maximum Gasteiger partial charge on any atom is 0.573 e. The van der Waals surface area contributed by atoms with Crippen LogP contribution in [0.15, 0.2) is 54.9 Å². The average molecular weight is 367 g/mol. The number of halogens is 4. The van der Waals surface area contributed by atoms with E-state index in [1.54, 1.807) is 30.3 Å². The standard InChI is InChI=1S/C17H10ClF3N2O2/c18-12-4-1-10(2-5-12)13-8-14(23-9-22-13)11-3-6-15(24)16(7-11)25-17(19,20)21/h1-9,24H. The fraction of sp³-hybridized carbons (Fsp3) is 0.0588. The van der Waals surface area contributed by atoms with Crippen molar-refractivity contribution < 1.29 is 23.0 Å². The highest BCUT2D eigenvalue weighted by atomic mass is 35.5. The van der Waals surface area contributed by atoms with E-state index >= 15 is 0 Å². The lowest BCUT2D eigenvalue weighted by atomic mass is 10.1. The van der Waals surface area contributed by atoms with Gasteiger partial charge in [-0.1, -0.05) is 23.7 Å². The SMILES string of the molecule is Oc1ccc(-c2cc(-c3ccc(Cl)cc3)ncn2)cc1OC(F)(F)F. The molecule has 3 aromatic rings. The Bertz CT molecular complexity index is 899. The van der Waals surface area contributed by atoms with Crippen molar-refractivity contribution in [2.75, 3.05) is 0 Å². The van der Waals surface area contributed by atoms with Gasteiger partial charge in [-0.25, -0.2) is 9.97 Å². The first-order valence-electron chi connectivity index (χ1n) is 6.99. The predicted octanol–water partition coefficient (Wildman–Crippen LogP) is 5.07. The molecule has 0 atom stereocenters. The van der Waals surface area contributed by atoms with Crippen LogP contribution in [0.1, 0.15) is 0 Å². The van der Waals surface area contributed by atoms with Gasteiger partial charge in [0.2, 0.25) is 0 Å². The summed E-state index contributed by atoms with van der Waals surface area (Å²) in [6.07, 6.45) is -3.60. The second-order valence-electron chi connectivity index (χ2n) is 5.03. The second-order valence-corrected chi connectivity index (χ2v) is 5.46. The summed E-state index contributed by atoms with van der Waals surface area (Å²) in [5.41, 5.74) is 2.08. The van der Waals surface area contributed by atoms with Crippen molar-refractivity contribution >= 4 is 11.6 Å². The minimum absolute atomic E-state index is 0.342. The van der Waals surface area contributed by atoms with E-state index in [9.17, 15) is 18.3 Å². The summed E-state index contributed by atoms with van der Waals surface area (Å²) in [6, 6.07) is 12.2. The molecule has 0 amide bonds. The quantitative estimate of drug-likeness (QED) is 0.703. The van der Waals surface area contributed by atoms with Gasteiger partial charge in [0, 0.05) is 16.1 Å². The molecule has 3 rings (SSSR count). The number of hydrogen-bond acceptors (Lipinski definition) is 4. The van der Waals surface area contributed by atoms with Gasteiger partial charge in [0.1, 0.15) is 6.33 Å². The summed E-state index contributed by atoms with van der Waals surface area (Å²) >= 11 is 5.85. The molecule has 0 fully saturated rings. The summed E-state index contributed by atoms with van der Waals surface area (Å²) < 4.78 is 41.0. The molecule has 0 spiro atoms. The number of nitrogens with zero attached hydrogens (tertiary/aromatic N) is 2. The first-order chi connectivity index (χ1) is 11.8. The van der Waals surface area contributed by atoms with Crippen LogP contribution >= 0.6 is 11.6 Å². The van der Waals surface area contributed by atoms with Gasteiger partial charge >= 0.3 is 6.36 Å². The zero-order chi connectivity index (χ0) is 18.0. The largest absolute Gasteiger partial charge is 0.573 e. The summed E-state index contributed by atoms with van der Waals surface area (Å²) in [5, 5.41) is 10.1. The smallest absolute Gasteiger partial charge is 0.504 e. The van der Waals surface area contributed by atoms with Crippen LogP contribution in [0.25, 0.3) is 22.5 Å². The number of aromatic hydroxyl groups is 1. The highest BCUT2D eigenvalue weighted by Gasteiger charge is 2.32. The van der Waals surface area contributed by atoms with Gasteiger partial charge in [-0.05, 0) is 36.4 Å². The topological polar surface area (TPSA) is 55.2 Å². The molecule has 25 heavy (non-hydrogen) atoms. The molecule has 128 valence electrons. The molecule has 4 nitrogen and oxygen atoms in total. The molecule has 8 heteroatoms. The first-order valence-corrected chi connectivity index (χ1v) is 7.37. The third-order valence-electron chi connectivity index (χ3n) is 3.29. The third kappa shape index (κ3) is 4.19. The highest BCUT2D eigenvalue weighted by molar-refractivity contribution is 6.30. The van der Waals surface area contributed by atoms with Crippen LogP contribution in [0.4, 0.5) is 13.2 Å². The predicted molar refractivity (Wildman–Crippen MR) is 86.3 cm³/mol. The van der Waals surface area contributed by atoms with Gasteiger partial charge in [-0.15, -0.1) is 13.2 Å². The molecule has 0 saturated heterocycles. The van der Waals surface area contributed by atoms with Crippen LogP contribution in [-0.2, 0) is 0 Å². The Morgan fingerprint density at radius 3 is 2.12 bits per heavy atom. The lowest BCUT2D eigenvalue weighted by Crippen LogP contribution is -2.17. The Morgan fingerprint density at radius 2 is 1.48 bits per heavy atom. The number of phenolic OH excluding ortho intramolecular Hbond substituents is 1. The van der Waals surface area contributed by atoms with Crippen LogP contribution in [-0.4, -0.2) is 21.4 Å². The van der Waals surface area contributed by atoms with E-state index < -0.39 is 17.9 Å². The number of rotatable bonds is 3. The fourth-order valence-electron chi connectivity index (χ4n) is 2.17. The van der Waals surface area contributed by atoms with Crippen LogP contribution in [0.2, 0.25) is 5.02 Å². The van der Waals surface area contributed by atoms with Crippen LogP contribution in [0, 0.1) is 0 Å². The van der Waals surface area contributed by atoms with E-state index in [0.29, 0.717) is 22.0 Å². The van der Waals surface area contributed by atoms with Gasteiger partial charge in [0.15, 0.2) is 11.5 Å². The molecule has 1 aromatic heterocycles. The summed E-state index contributed by atoms with van der Waals surface area (Å²) in [5.74, 6) is -1.32. The van der Waals surface area contributed by atoms with Crippen molar-refractivity contribution in [1.82, 2.24) is 9.97 Å². The van der Waals surface area contributed by atoms with Crippen LogP contribution in [0.5, 0.6) is 11.5 Å². The number of benzene rings is 2. The Hall–Kier alpha value is -2.80. The fourth-order valence-corrected chi connectivity index (χ4v) is 2.30. The van der Waals surface area contributed by atoms with Crippen molar-refractivity contribution in [3.8, 4) is 34.0 Å². The molecular weight excluding hydrogens is 357 g/mol. The summed E-state index contributed by atoms with van der Waals surface area (Å²) in [4.78, 5) is 8.21. The Kier molecular flexibility index (Phi) is 4.50. The molecule has 2 aromatic carbocycles. The number of phenols is 1. The minimum Gasteiger partial charge on any atom is -0.504 e. The molecule has 0 unspecified atom stereocenters. The van der Waals surface area contributed by atoms with Crippen molar-refractivity contribution in [2.24, 2.45) is 0 Å². The molecule has 1 N–H and O–H groups in total. The molecule has 0 bridgehead atoms. The molecule has 1 heterocycles. The normalized spacial score (nSPS) is 11.4. The van der Waals surface area contributed by atoms with Crippen molar-refractivity contribution in [1.29, 1.82) is 0 Å². The zero-order valence-corrected chi connectivity index (χ0v) is 13.2. The van der Waals surface area contributed by atoms with Crippen molar-refractivity contribution in [2.45, 2.75) is 6.36 Å². The van der Waals surface area contributed by atoms with Gasteiger partial charge < -0.3 is 9.84 Å². The molecule has 0 radical (unpaired) electrons. The Morgan fingerprint density at radius 1 is 0.880 bits per heavy atom. The Labute approximate surface area is 145 Å². The van der Waals surface area contributed by atoms with E-state index in [2.05, 4.69) is 14.7 Å². The van der Waals surface area contributed by atoms with E-state index in [0.717, 1.165) is 17.7 Å². The average Bonchev–Trinajstić information content (AvgIpc) is 2.56. The minimum atomic E-state index is -4.91. The van der Waals surface area contributed by atoms with Crippen molar-refractivity contribution in [3.05, 3.63) is 59.9 Å². The zero-order valence-electron chi connectivity index (χ0n) is 12.5. The molecule has 0 aliphatic carbocycles. The molecular formula is C17H10ClF3N2O2. The third-order valence-corrected chi connectivity index (χ3v) is 3.54. The second kappa shape index (κ2) is 6.60. The monoisotopic (exact) mass is 366 g/mol. The molecule has 0 aliphatic rings. The van der Waals surface area contributed by atoms with E-state index in [1.165, 1.54) is 12.4 Å². The van der Waals surface area contributed by atoms with E-state index in [-0.39, 0.29) is 0 Å². The van der Waals surface area contributed by atoms with Gasteiger partial charge in [0.05, 0.1) is 11.4 Å². The number of aromatic nitrogens is 2. The van der Waals surface area contributed by atoms with Crippen LogP contribution in [0.3, 0.4) is 0 Å². The molecule has 0 saturated carbocycles. The lowest BCUT2D eigenvalue weighted by Gasteiger charge is -2.12. The first kappa shape index (κ1) is 17.0. The van der Waals surface area contributed by atoms with Crippen molar-refractivity contribution in [3.63, 3.8) is 0 Å². The Balaban J connectivity index is 1.98. The maximum absolute atomic E-state index is 12.4. The van der Waals surface area contributed by atoms with Gasteiger partial charge in [0.25, 0.3) is 0 Å². The van der Waals surface area contributed by atoms with Gasteiger partial charge in [-0.2, -0.15) is 0 Å². The lowest BCUT2D eigenvalue weighted by molar-refractivity contribution is -0.275. The summed E-state index contributed by atoms with van der Waals surface area (Å²) in [6.45, 7) is 0. The maximum atomic E-state index is 12.4. The van der Waals surface area contributed by atoms with Crippen LogP contribution < -0.4 is 4.74 Å². The van der Waals surface area contributed by atoms with E-state index in [1.807, 2.05) is 0 Å². The highest BCUT2D eigenvalue weighted by Crippen LogP contribution is 2.35. The van der Waals surface area contributed by atoms with Gasteiger partial charge in [-0.3, -0.25) is 0 Å². The number of hydrogen-bond donors (Lipinski definition) is 1.